The van der Waals surface area contributed by atoms with Crippen LogP contribution >= 0.6 is 0 Å². The van der Waals surface area contributed by atoms with Crippen molar-refractivity contribution < 1.29 is 0 Å². The van der Waals surface area contributed by atoms with Crippen LogP contribution in [0.2, 0.25) is 0 Å². The van der Waals surface area contributed by atoms with E-state index in [2.05, 4.69) is 109 Å². The third-order valence-electron chi connectivity index (χ3n) is 6.20. The van der Waals surface area contributed by atoms with Crippen molar-refractivity contribution in [3.05, 3.63) is 142 Å². The van der Waals surface area contributed by atoms with Gasteiger partial charge in [0.15, 0.2) is 0 Å². The Morgan fingerprint density at radius 3 is 1.43 bits per heavy atom. The zero-order valence-electron chi connectivity index (χ0n) is 15.4. The average molecular weight is 354 g/mol. The Morgan fingerprint density at radius 2 is 0.929 bits per heavy atom. The molecule has 0 aromatic heterocycles. The molecular formula is C28H18. The molecule has 0 saturated carbocycles. The molecule has 2 bridgehead atoms. The van der Waals surface area contributed by atoms with E-state index in [0.717, 1.165) is 5.56 Å². The molecule has 0 saturated heterocycles. The van der Waals surface area contributed by atoms with Gasteiger partial charge in [0, 0.05) is 11.5 Å². The highest BCUT2D eigenvalue weighted by atomic mass is 14.5. The number of hydrogen-bond donors (Lipinski definition) is 0. The number of benzene rings is 4. The third-order valence-corrected chi connectivity index (χ3v) is 6.20. The van der Waals surface area contributed by atoms with Crippen molar-refractivity contribution in [2.45, 2.75) is 11.3 Å². The van der Waals surface area contributed by atoms with E-state index in [1.54, 1.807) is 0 Å². The van der Waals surface area contributed by atoms with Crippen molar-refractivity contribution in [2.24, 2.45) is 0 Å². The summed E-state index contributed by atoms with van der Waals surface area (Å²) in [6.45, 7) is 0. The fourth-order valence-electron chi connectivity index (χ4n) is 5.10. The Hall–Kier alpha value is -3.56. The smallest absolute Gasteiger partial charge is 0.0765 e. The van der Waals surface area contributed by atoms with Gasteiger partial charge in [0.05, 0.1) is 0 Å². The average Bonchev–Trinajstić information content (AvgIpc) is 2.78. The van der Waals surface area contributed by atoms with E-state index in [0.29, 0.717) is 5.92 Å². The van der Waals surface area contributed by atoms with Crippen molar-refractivity contribution in [2.75, 3.05) is 0 Å². The summed E-state index contributed by atoms with van der Waals surface area (Å²) >= 11 is 0. The Kier molecular flexibility index (Phi) is 3.16. The van der Waals surface area contributed by atoms with Gasteiger partial charge in [0.2, 0.25) is 0 Å². The minimum Gasteiger partial charge on any atom is -0.0765 e. The second-order valence-electron chi connectivity index (χ2n) is 7.56. The molecule has 0 unspecified atom stereocenters. The van der Waals surface area contributed by atoms with Crippen LogP contribution < -0.4 is 0 Å². The second-order valence-corrected chi connectivity index (χ2v) is 7.56. The molecular weight excluding hydrogens is 336 g/mol. The van der Waals surface area contributed by atoms with Gasteiger partial charge < -0.3 is 0 Å². The molecule has 28 heavy (non-hydrogen) atoms. The van der Waals surface area contributed by atoms with Gasteiger partial charge in [-0.25, -0.2) is 0 Å². The first-order valence-corrected chi connectivity index (χ1v) is 9.76. The molecule has 7 rings (SSSR count). The molecule has 4 aromatic rings. The molecule has 0 nitrogen and oxygen atoms in total. The zero-order chi connectivity index (χ0) is 18.6. The fourth-order valence-corrected chi connectivity index (χ4v) is 5.10. The first-order chi connectivity index (χ1) is 13.9. The van der Waals surface area contributed by atoms with Crippen LogP contribution in [0, 0.1) is 11.8 Å². The fraction of sp³-hybridized carbons (Fsp3) is 0.0714. The van der Waals surface area contributed by atoms with Gasteiger partial charge in [0.25, 0.3) is 0 Å². The molecule has 0 heterocycles. The molecule has 130 valence electrons. The van der Waals surface area contributed by atoms with Crippen LogP contribution in [-0.4, -0.2) is 0 Å². The predicted octanol–water partition coefficient (Wildman–Crippen LogP) is 5.88. The summed E-state index contributed by atoms with van der Waals surface area (Å²) in [5, 5.41) is 0. The maximum absolute atomic E-state index is 3.76. The summed E-state index contributed by atoms with van der Waals surface area (Å²) in [6, 6.07) is 36.9. The molecule has 4 aromatic carbocycles. The first-order valence-electron chi connectivity index (χ1n) is 9.76. The molecule has 0 atom stereocenters. The molecule has 3 aliphatic rings. The largest absolute Gasteiger partial charge is 0.107 e. The van der Waals surface area contributed by atoms with Crippen LogP contribution in [-0.2, 0) is 5.41 Å². The van der Waals surface area contributed by atoms with Gasteiger partial charge in [-0.05, 0) is 45.5 Å². The normalized spacial score (nSPS) is 20.4. The molecule has 0 aliphatic heterocycles. The van der Waals surface area contributed by atoms with E-state index >= 15 is 0 Å². The monoisotopic (exact) mass is 354 g/mol. The zero-order valence-corrected chi connectivity index (χ0v) is 15.4. The van der Waals surface area contributed by atoms with Crippen LogP contribution in [0.1, 0.15) is 44.9 Å². The van der Waals surface area contributed by atoms with E-state index in [1.807, 2.05) is 6.07 Å². The van der Waals surface area contributed by atoms with Gasteiger partial charge in [-0.2, -0.15) is 0 Å². The van der Waals surface area contributed by atoms with Gasteiger partial charge in [-0.3, -0.25) is 0 Å². The SMILES string of the molecule is C(#CC12c3ccccc3C(c3ccccc31)c1ccccc12)c1ccccc1. The van der Waals surface area contributed by atoms with E-state index in [1.165, 1.54) is 33.4 Å². The molecule has 0 fully saturated rings. The highest BCUT2D eigenvalue weighted by molar-refractivity contribution is 5.75. The highest BCUT2D eigenvalue weighted by Gasteiger charge is 2.50. The quantitative estimate of drug-likeness (QED) is 0.346. The lowest BCUT2D eigenvalue weighted by Gasteiger charge is -2.48. The van der Waals surface area contributed by atoms with E-state index in [9.17, 15) is 0 Å². The van der Waals surface area contributed by atoms with Crippen LogP contribution in [0.25, 0.3) is 0 Å². The Labute approximate surface area is 165 Å². The molecule has 3 aliphatic carbocycles. The highest BCUT2D eigenvalue weighted by Crippen LogP contribution is 2.58. The lowest BCUT2D eigenvalue weighted by Crippen LogP contribution is -2.41. The summed E-state index contributed by atoms with van der Waals surface area (Å²) in [5.74, 6) is 7.56. The van der Waals surface area contributed by atoms with Crippen LogP contribution in [0.3, 0.4) is 0 Å². The van der Waals surface area contributed by atoms with Crippen LogP contribution in [0.15, 0.2) is 103 Å². The number of hydrogen-bond acceptors (Lipinski definition) is 0. The maximum Gasteiger partial charge on any atom is 0.107 e. The van der Waals surface area contributed by atoms with Gasteiger partial charge in [-0.1, -0.05) is 103 Å². The van der Waals surface area contributed by atoms with Crippen molar-refractivity contribution in [1.82, 2.24) is 0 Å². The summed E-state index contributed by atoms with van der Waals surface area (Å²) in [5.41, 5.74) is 8.81. The van der Waals surface area contributed by atoms with E-state index < -0.39 is 5.41 Å². The summed E-state index contributed by atoms with van der Waals surface area (Å²) < 4.78 is 0. The molecule has 0 radical (unpaired) electrons. The molecule has 0 amide bonds. The Balaban J connectivity index is 1.75. The summed E-state index contributed by atoms with van der Waals surface area (Å²) in [7, 11) is 0. The van der Waals surface area contributed by atoms with E-state index in [4.69, 9.17) is 0 Å². The Morgan fingerprint density at radius 1 is 0.500 bits per heavy atom. The minimum atomic E-state index is -0.422. The first kappa shape index (κ1) is 15.5. The van der Waals surface area contributed by atoms with Crippen molar-refractivity contribution in [3.8, 4) is 11.8 Å². The second kappa shape index (κ2) is 5.72. The van der Waals surface area contributed by atoms with Crippen molar-refractivity contribution in [3.63, 3.8) is 0 Å². The topological polar surface area (TPSA) is 0 Å². The predicted molar refractivity (Wildman–Crippen MR) is 113 cm³/mol. The van der Waals surface area contributed by atoms with Crippen molar-refractivity contribution >= 4 is 0 Å². The van der Waals surface area contributed by atoms with Crippen LogP contribution in [0.5, 0.6) is 0 Å². The summed E-state index contributed by atoms with van der Waals surface area (Å²) in [6.07, 6.45) is 0. The third kappa shape index (κ3) is 1.91. The van der Waals surface area contributed by atoms with Gasteiger partial charge in [0.1, 0.15) is 5.41 Å². The lowest BCUT2D eigenvalue weighted by molar-refractivity contribution is 0.666. The van der Waals surface area contributed by atoms with E-state index in [-0.39, 0.29) is 0 Å². The molecule has 0 heteroatoms. The maximum atomic E-state index is 3.76. The lowest BCUT2D eigenvalue weighted by atomic mass is 9.53. The molecule has 0 spiro atoms. The van der Waals surface area contributed by atoms with Crippen LogP contribution in [0.4, 0.5) is 0 Å². The molecule has 0 N–H and O–H groups in total. The number of rotatable bonds is 0. The minimum absolute atomic E-state index is 0.295. The Bertz CT molecular complexity index is 1150. The standard InChI is InChI=1S/C28H18/c1-2-10-20(11-3-1)18-19-28-24-15-7-4-12-21(24)27(22-13-5-8-16-25(22)28)23-14-6-9-17-26(23)28/h1-17,27H. The summed E-state index contributed by atoms with van der Waals surface area (Å²) in [4.78, 5) is 0. The van der Waals surface area contributed by atoms with Gasteiger partial charge >= 0.3 is 0 Å². The van der Waals surface area contributed by atoms with Crippen molar-refractivity contribution in [1.29, 1.82) is 0 Å². The van der Waals surface area contributed by atoms with Gasteiger partial charge in [-0.15, -0.1) is 0 Å².